The number of aliphatic imine (C=N–C) groups is 1. The van der Waals surface area contributed by atoms with Gasteiger partial charge in [-0.2, -0.15) is 0 Å². The number of aliphatic hydroxyl groups is 1. The van der Waals surface area contributed by atoms with Crippen molar-refractivity contribution in [2.45, 2.75) is 45.8 Å². The van der Waals surface area contributed by atoms with E-state index in [1.54, 1.807) is 0 Å². The summed E-state index contributed by atoms with van der Waals surface area (Å²) in [4.78, 5) is 4.50. The summed E-state index contributed by atoms with van der Waals surface area (Å²) in [6.45, 7) is 11.0. The average Bonchev–Trinajstić information content (AvgIpc) is 3.22. The number of rotatable bonds is 12. The van der Waals surface area contributed by atoms with Crippen LogP contribution in [0.1, 0.15) is 45.3 Å². The molecule has 0 radical (unpaired) electrons. The van der Waals surface area contributed by atoms with E-state index in [-0.39, 0.29) is 12.6 Å². The van der Waals surface area contributed by atoms with Crippen LogP contribution in [0.25, 0.3) is 0 Å². The predicted molar refractivity (Wildman–Crippen MR) is 116 cm³/mol. The third-order valence-corrected chi connectivity index (χ3v) is 4.54. The first-order valence-corrected chi connectivity index (χ1v) is 10.7. The molecule has 1 saturated heterocycles. The van der Waals surface area contributed by atoms with Crippen molar-refractivity contribution in [2.24, 2.45) is 10.9 Å². The molecule has 0 bridgehead atoms. The van der Waals surface area contributed by atoms with Crippen molar-refractivity contribution < 1.29 is 19.3 Å². The van der Waals surface area contributed by atoms with Crippen LogP contribution in [0.4, 0.5) is 0 Å². The minimum Gasteiger partial charge on any atom is -0.491 e. The molecule has 1 aliphatic rings. The number of guanidine groups is 1. The molecule has 3 N–H and O–H groups in total. The molecule has 2 atom stereocenters. The first kappa shape index (κ1) is 23.4. The third kappa shape index (κ3) is 9.47. The van der Waals surface area contributed by atoms with Crippen molar-refractivity contribution in [1.29, 1.82) is 0 Å². The molecule has 0 aliphatic carbocycles. The maximum atomic E-state index is 10.4. The molecule has 164 valence electrons. The molecule has 1 aromatic carbocycles. The SMILES string of the molecule is CCNC(=NCC(O)c1ccc(OC(C)C)cc1)NCCCOCC1CCOC1. The lowest BCUT2D eigenvalue weighted by atomic mass is 10.1. The van der Waals surface area contributed by atoms with Gasteiger partial charge >= 0.3 is 0 Å². The predicted octanol–water partition coefficient (Wildman–Crippen LogP) is 2.51. The number of nitrogens with zero attached hydrogens (tertiary/aromatic N) is 1. The first-order valence-electron chi connectivity index (χ1n) is 10.7. The van der Waals surface area contributed by atoms with Crippen LogP contribution >= 0.6 is 0 Å². The Kier molecular flexibility index (Phi) is 10.8. The van der Waals surface area contributed by atoms with Crippen LogP contribution in [0.3, 0.4) is 0 Å². The van der Waals surface area contributed by atoms with Gasteiger partial charge in [0.1, 0.15) is 5.75 Å². The van der Waals surface area contributed by atoms with Gasteiger partial charge in [-0.15, -0.1) is 0 Å². The molecular weight excluding hydrogens is 370 g/mol. The Labute approximate surface area is 174 Å². The summed E-state index contributed by atoms with van der Waals surface area (Å²) in [5.74, 6) is 2.06. The molecule has 1 aliphatic heterocycles. The molecule has 1 aromatic rings. The monoisotopic (exact) mass is 407 g/mol. The van der Waals surface area contributed by atoms with Crippen molar-refractivity contribution in [2.75, 3.05) is 46.1 Å². The van der Waals surface area contributed by atoms with Gasteiger partial charge in [0, 0.05) is 32.2 Å². The highest BCUT2D eigenvalue weighted by Crippen LogP contribution is 2.19. The van der Waals surface area contributed by atoms with E-state index in [2.05, 4.69) is 15.6 Å². The van der Waals surface area contributed by atoms with Crippen LogP contribution < -0.4 is 15.4 Å². The summed E-state index contributed by atoms with van der Waals surface area (Å²) in [6.07, 6.45) is 1.48. The molecule has 0 saturated carbocycles. The van der Waals surface area contributed by atoms with E-state index in [1.807, 2.05) is 45.0 Å². The molecule has 1 heterocycles. The second-order valence-electron chi connectivity index (χ2n) is 7.56. The lowest BCUT2D eigenvalue weighted by Gasteiger charge is -2.14. The number of nitrogens with one attached hydrogen (secondary N) is 2. The van der Waals surface area contributed by atoms with Gasteiger partial charge in [-0.1, -0.05) is 12.1 Å². The molecule has 7 nitrogen and oxygen atoms in total. The number of hydrogen-bond donors (Lipinski definition) is 3. The van der Waals surface area contributed by atoms with E-state index < -0.39 is 6.10 Å². The smallest absolute Gasteiger partial charge is 0.191 e. The highest BCUT2D eigenvalue weighted by Gasteiger charge is 2.15. The minimum absolute atomic E-state index is 0.131. The zero-order valence-electron chi connectivity index (χ0n) is 18.0. The topological polar surface area (TPSA) is 84.3 Å². The van der Waals surface area contributed by atoms with Crippen LogP contribution in [-0.2, 0) is 9.47 Å². The summed E-state index contributed by atoms with van der Waals surface area (Å²) >= 11 is 0. The van der Waals surface area contributed by atoms with Gasteiger partial charge < -0.3 is 30.0 Å². The number of aliphatic hydroxyl groups excluding tert-OH is 1. The largest absolute Gasteiger partial charge is 0.491 e. The summed E-state index contributed by atoms with van der Waals surface area (Å²) in [5, 5.41) is 16.9. The molecule has 0 aromatic heterocycles. The Hall–Kier alpha value is -1.83. The first-order chi connectivity index (χ1) is 14.1. The van der Waals surface area contributed by atoms with Crippen molar-refractivity contribution >= 4 is 5.96 Å². The quantitative estimate of drug-likeness (QED) is 0.280. The van der Waals surface area contributed by atoms with E-state index in [4.69, 9.17) is 14.2 Å². The number of ether oxygens (including phenoxy) is 3. The van der Waals surface area contributed by atoms with E-state index in [9.17, 15) is 5.11 Å². The number of hydrogen-bond acceptors (Lipinski definition) is 5. The van der Waals surface area contributed by atoms with Crippen molar-refractivity contribution in [3.63, 3.8) is 0 Å². The van der Waals surface area contributed by atoms with Crippen molar-refractivity contribution in [1.82, 2.24) is 10.6 Å². The van der Waals surface area contributed by atoms with Crippen LogP contribution in [0, 0.1) is 5.92 Å². The highest BCUT2D eigenvalue weighted by atomic mass is 16.5. The highest BCUT2D eigenvalue weighted by molar-refractivity contribution is 5.79. The van der Waals surface area contributed by atoms with Gasteiger partial charge in [0.2, 0.25) is 0 Å². The Bertz CT molecular complexity index is 586. The Morgan fingerprint density at radius 2 is 2.07 bits per heavy atom. The summed E-state index contributed by atoms with van der Waals surface area (Å²) < 4.78 is 16.7. The maximum absolute atomic E-state index is 10.4. The molecule has 29 heavy (non-hydrogen) atoms. The molecule has 2 rings (SSSR count). The van der Waals surface area contributed by atoms with E-state index in [1.165, 1.54) is 0 Å². The van der Waals surface area contributed by atoms with Crippen LogP contribution in [0.15, 0.2) is 29.3 Å². The molecule has 7 heteroatoms. The molecular formula is C22H37N3O4. The average molecular weight is 408 g/mol. The third-order valence-electron chi connectivity index (χ3n) is 4.54. The van der Waals surface area contributed by atoms with E-state index >= 15 is 0 Å². The molecule has 0 spiro atoms. The maximum Gasteiger partial charge on any atom is 0.191 e. The van der Waals surface area contributed by atoms with Crippen LogP contribution in [0.2, 0.25) is 0 Å². The van der Waals surface area contributed by atoms with Gasteiger partial charge in [-0.3, -0.25) is 4.99 Å². The Morgan fingerprint density at radius 1 is 1.28 bits per heavy atom. The summed E-state index contributed by atoms with van der Waals surface area (Å²) in [5.41, 5.74) is 0.824. The van der Waals surface area contributed by atoms with Crippen molar-refractivity contribution in [3.8, 4) is 5.75 Å². The fourth-order valence-electron chi connectivity index (χ4n) is 3.01. The Morgan fingerprint density at radius 3 is 2.72 bits per heavy atom. The van der Waals surface area contributed by atoms with E-state index in [0.29, 0.717) is 11.9 Å². The lowest BCUT2D eigenvalue weighted by Crippen LogP contribution is -2.38. The second-order valence-corrected chi connectivity index (χ2v) is 7.56. The fourth-order valence-corrected chi connectivity index (χ4v) is 3.01. The van der Waals surface area contributed by atoms with Crippen LogP contribution in [-0.4, -0.2) is 63.2 Å². The van der Waals surface area contributed by atoms with Gasteiger partial charge in [0.05, 0.1) is 32.0 Å². The minimum atomic E-state index is -0.657. The zero-order chi connectivity index (χ0) is 20.9. The lowest BCUT2D eigenvalue weighted by molar-refractivity contribution is 0.0888. The van der Waals surface area contributed by atoms with Crippen molar-refractivity contribution in [3.05, 3.63) is 29.8 Å². The molecule has 2 unspecified atom stereocenters. The standard InChI is InChI=1S/C22H37N3O4/c1-4-23-22(24-11-5-12-27-15-18-10-13-28-16-18)25-14-21(26)19-6-8-20(9-7-19)29-17(2)3/h6-9,17-18,21,26H,4-5,10-16H2,1-3H3,(H2,23,24,25). The van der Waals surface area contributed by atoms with Gasteiger partial charge in [-0.05, 0) is 51.3 Å². The fraction of sp³-hybridized carbons (Fsp3) is 0.682. The molecule has 1 fully saturated rings. The normalized spacial score (nSPS) is 18.1. The van der Waals surface area contributed by atoms with Crippen LogP contribution in [0.5, 0.6) is 5.75 Å². The summed E-state index contributed by atoms with van der Waals surface area (Å²) in [6, 6.07) is 7.52. The van der Waals surface area contributed by atoms with Gasteiger partial charge in [0.25, 0.3) is 0 Å². The Balaban J connectivity index is 1.69. The zero-order valence-corrected chi connectivity index (χ0v) is 18.0. The molecule has 0 amide bonds. The second kappa shape index (κ2) is 13.4. The van der Waals surface area contributed by atoms with Gasteiger partial charge in [-0.25, -0.2) is 0 Å². The van der Waals surface area contributed by atoms with E-state index in [0.717, 1.165) is 63.7 Å². The van der Waals surface area contributed by atoms with Gasteiger partial charge in [0.15, 0.2) is 5.96 Å². The summed E-state index contributed by atoms with van der Waals surface area (Å²) in [7, 11) is 0. The number of benzene rings is 1.